The minimum atomic E-state index is -3.08. The zero-order valence-corrected chi connectivity index (χ0v) is 13.6. The lowest BCUT2D eigenvalue weighted by atomic mass is 10.1. The molecule has 0 bridgehead atoms. The van der Waals surface area contributed by atoms with Crippen LogP contribution in [0.5, 0.6) is 5.75 Å². The van der Waals surface area contributed by atoms with Gasteiger partial charge in [-0.05, 0) is 49.3 Å². The number of aromatic nitrogens is 1. The summed E-state index contributed by atoms with van der Waals surface area (Å²) in [5.41, 5.74) is 1.20. The first-order chi connectivity index (χ1) is 10.5. The van der Waals surface area contributed by atoms with E-state index in [0.29, 0.717) is 31.0 Å². The summed E-state index contributed by atoms with van der Waals surface area (Å²) in [6.45, 7) is 2.28. The summed E-state index contributed by atoms with van der Waals surface area (Å²) < 4.78 is 30.4. The lowest BCUT2D eigenvalue weighted by Crippen LogP contribution is -2.46. The monoisotopic (exact) mass is 325 g/mol. The Morgan fingerprint density at radius 2 is 2.27 bits per heavy atom. The van der Waals surface area contributed by atoms with E-state index in [1.54, 1.807) is 6.20 Å². The van der Waals surface area contributed by atoms with Gasteiger partial charge in [-0.2, -0.15) is 0 Å². The van der Waals surface area contributed by atoms with Crippen LogP contribution in [0.25, 0.3) is 0 Å². The summed E-state index contributed by atoms with van der Waals surface area (Å²) in [4.78, 5) is 4.26. The van der Waals surface area contributed by atoms with Crippen LogP contribution in [0.15, 0.2) is 18.5 Å². The van der Waals surface area contributed by atoms with Gasteiger partial charge in [0.05, 0.1) is 12.5 Å². The first kappa shape index (κ1) is 15.7. The fourth-order valence-electron chi connectivity index (χ4n) is 2.81. The normalized spacial score (nSPS) is 27.2. The van der Waals surface area contributed by atoms with Gasteiger partial charge in [0.1, 0.15) is 12.4 Å². The van der Waals surface area contributed by atoms with Crippen molar-refractivity contribution in [3.63, 3.8) is 0 Å². The molecule has 22 heavy (non-hydrogen) atoms. The largest absolute Gasteiger partial charge is 0.490 e. The molecule has 0 radical (unpaired) electrons. The maximum Gasteiger partial charge on any atom is 0.208 e. The molecule has 122 valence electrons. The van der Waals surface area contributed by atoms with Gasteiger partial charge in [0, 0.05) is 18.8 Å². The molecule has 2 N–H and O–H groups in total. The van der Waals surface area contributed by atoms with Crippen LogP contribution < -0.4 is 14.8 Å². The Bertz CT molecular complexity index is 616. The first-order valence-electron chi connectivity index (χ1n) is 7.77. The molecule has 0 amide bonds. The van der Waals surface area contributed by atoms with Crippen LogP contribution in [-0.4, -0.2) is 45.4 Å². The van der Waals surface area contributed by atoms with Crippen molar-refractivity contribution in [3.05, 3.63) is 24.0 Å². The van der Waals surface area contributed by atoms with Gasteiger partial charge in [0.25, 0.3) is 0 Å². The Balaban J connectivity index is 1.46. The van der Waals surface area contributed by atoms with Crippen molar-refractivity contribution < 1.29 is 13.2 Å². The van der Waals surface area contributed by atoms with Crippen molar-refractivity contribution in [3.8, 4) is 5.75 Å². The van der Waals surface area contributed by atoms with Crippen LogP contribution >= 0.6 is 0 Å². The molecular weight excluding hydrogens is 302 g/mol. The molecule has 2 aliphatic rings. The lowest BCUT2D eigenvalue weighted by Gasteiger charge is -2.27. The van der Waals surface area contributed by atoms with Crippen LogP contribution in [0.1, 0.15) is 30.7 Å². The quantitative estimate of drug-likeness (QED) is 0.741. The van der Waals surface area contributed by atoms with E-state index in [2.05, 4.69) is 21.1 Å². The molecule has 1 aromatic heterocycles. The topological polar surface area (TPSA) is 80.3 Å². The summed E-state index contributed by atoms with van der Waals surface area (Å²) in [5, 5.41) is 3.31. The Hall–Kier alpha value is -1.18. The third-order valence-corrected chi connectivity index (χ3v) is 5.07. The fourth-order valence-corrected chi connectivity index (χ4v) is 3.30. The second kappa shape index (κ2) is 6.52. The van der Waals surface area contributed by atoms with Gasteiger partial charge in [-0.15, -0.1) is 0 Å². The second-order valence-electron chi connectivity index (χ2n) is 6.26. The van der Waals surface area contributed by atoms with Gasteiger partial charge in [0.15, 0.2) is 0 Å². The van der Waals surface area contributed by atoms with E-state index < -0.39 is 10.0 Å². The summed E-state index contributed by atoms with van der Waals surface area (Å²) in [6.07, 6.45) is 7.98. The number of hydrogen-bond donors (Lipinski definition) is 2. The van der Waals surface area contributed by atoms with Crippen molar-refractivity contribution in [2.45, 2.75) is 31.2 Å². The number of rotatable bonds is 8. The van der Waals surface area contributed by atoms with E-state index in [1.165, 1.54) is 18.2 Å². The van der Waals surface area contributed by atoms with Gasteiger partial charge in [-0.25, -0.2) is 13.1 Å². The molecule has 3 unspecified atom stereocenters. The molecule has 2 heterocycles. The van der Waals surface area contributed by atoms with Crippen LogP contribution in [0.3, 0.4) is 0 Å². The molecule has 1 saturated heterocycles. The number of sulfonamides is 1. The zero-order chi connectivity index (χ0) is 15.6. The van der Waals surface area contributed by atoms with Gasteiger partial charge in [0.2, 0.25) is 10.0 Å². The molecule has 0 aromatic carbocycles. The highest BCUT2D eigenvalue weighted by Crippen LogP contribution is 2.49. The fraction of sp³-hybridized carbons (Fsp3) is 0.667. The number of pyridine rings is 1. The lowest BCUT2D eigenvalue weighted by molar-refractivity contribution is 0.217. The number of hydrogen-bond acceptors (Lipinski definition) is 5. The molecule has 1 aliphatic carbocycles. The van der Waals surface area contributed by atoms with Gasteiger partial charge < -0.3 is 10.1 Å². The maximum absolute atomic E-state index is 11.0. The highest BCUT2D eigenvalue weighted by molar-refractivity contribution is 7.88. The number of ether oxygens (including phenoxy) is 1. The predicted molar refractivity (Wildman–Crippen MR) is 84.5 cm³/mol. The van der Waals surface area contributed by atoms with Crippen molar-refractivity contribution >= 4 is 10.0 Å². The molecule has 7 heteroatoms. The van der Waals surface area contributed by atoms with Crippen molar-refractivity contribution in [1.82, 2.24) is 15.0 Å². The number of nitrogens with zero attached hydrogens (tertiary/aromatic N) is 1. The molecule has 0 spiro atoms. The molecule has 3 rings (SSSR count). The average molecular weight is 325 g/mol. The molecule has 2 fully saturated rings. The van der Waals surface area contributed by atoms with E-state index >= 15 is 0 Å². The van der Waals surface area contributed by atoms with Crippen LogP contribution in [0.4, 0.5) is 0 Å². The molecular formula is C15H23N3O3S. The summed E-state index contributed by atoms with van der Waals surface area (Å²) in [7, 11) is -3.08. The number of nitrogens with one attached hydrogen (secondary N) is 2. The molecule has 6 nitrogen and oxygen atoms in total. The molecule has 1 aromatic rings. The van der Waals surface area contributed by atoms with Crippen molar-refractivity contribution in [2.75, 3.05) is 26.0 Å². The molecule has 1 saturated carbocycles. The average Bonchev–Trinajstić information content (AvgIpc) is 3.15. The third-order valence-electron chi connectivity index (χ3n) is 4.34. The van der Waals surface area contributed by atoms with Gasteiger partial charge >= 0.3 is 0 Å². The summed E-state index contributed by atoms with van der Waals surface area (Å²) in [6, 6.07) is 2.54. The summed E-state index contributed by atoms with van der Waals surface area (Å²) >= 11 is 0. The van der Waals surface area contributed by atoms with Crippen molar-refractivity contribution in [2.24, 2.45) is 5.92 Å². The Labute approximate surface area is 131 Å². The van der Waals surface area contributed by atoms with E-state index in [1.807, 2.05) is 6.20 Å². The van der Waals surface area contributed by atoms with E-state index in [4.69, 9.17) is 4.74 Å². The van der Waals surface area contributed by atoms with Gasteiger partial charge in [-0.1, -0.05) is 0 Å². The van der Waals surface area contributed by atoms with Crippen molar-refractivity contribution in [1.29, 1.82) is 0 Å². The first-order valence-corrected chi connectivity index (χ1v) is 9.66. The maximum atomic E-state index is 11.0. The Kier molecular flexibility index (Phi) is 4.65. The smallest absolute Gasteiger partial charge is 0.208 e. The van der Waals surface area contributed by atoms with E-state index in [9.17, 15) is 8.42 Å². The minimum absolute atomic E-state index is 0.472. The van der Waals surface area contributed by atoms with Gasteiger partial charge in [-0.3, -0.25) is 4.98 Å². The van der Waals surface area contributed by atoms with Crippen LogP contribution in [-0.2, 0) is 10.0 Å². The predicted octanol–water partition coefficient (Wildman–Crippen LogP) is 0.865. The standard InChI is InChI=1S/C15H23N3O3S/c1-22(19,20)18-5-2-11-7-15(11)12-6-14(9-16-8-12)21-10-13-3-4-17-13/h6,8-9,11,13,15,17-18H,2-5,7,10H2,1H3. The zero-order valence-electron chi connectivity index (χ0n) is 12.8. The molecule has 3 atom stereocenters. The Morgan fingerprint density at radius 3 is 2.95 bits per heavy atom. The highest BCUT2D eigenvalue weighted by atomic mass is 32.2. The van der Waals surface area contributed by atoms with Crippen LogP contribution in [0.2, 0.25) is 0 Å². The summed E-state index contributed by atoms with van der Waals surface area (Å²) in [5.74, 6) is 1.85. The third kappa shape index (κ3) is 4.41. The molecule has 1 aliphatic heterocycles. The minimum Gasteiger partial charge on any atom is -0.490 e. The second-order valence-corrected chi connectivity index (χ2v) is 8.10. The Morgan fingerprint density at radius 1 is 1.45 bits per heavy atom. The SMILES string of the molecule is CS(=O)(=O)NCCC1CC1c1cncc(OCC2CCN2)c1. The van der Waals surface area contributed by atoms with Crippen LogP contribution in [0, 0.1) is 5.92 Å². The van der Waals surface area contributed by atoms with E-state index in [-0.39, 0.29) is 0 Å². The highest BCUT2D eigenvalue weighted by Gasteiger charge is 2.38. The van der Waals surface area contributed by atoms with E-state index in [0.717, 1.165) is 25.1 Å².